The van der Waals surface area contributed by atoms with Crippen LogP contribution in [0.15, 0.2) is 12.3 Å². The van der Waals surface area contributed by atoms with Crippen LogP contribution in [-0.2, 0) is 4.74 Å². The number of nitrogens with zero attached hydrogens (tertiary/aromatic N) is 1. The molecule has 0 aromatic carbocycles. The molecule has 1 amide bonds. The van der Waals surface area contributed by atoms with Crippen molar-refractivity contribution in [2.24, 2.45) is 0 Å². The van der Waals surface area contributed by atoms with Gasteiger partial charge in [0.2, 0.25) is 0 Å². The summed E-state index contributed by atoms with van der Waals surface area (Å²) < 4.78 is 6.86. The van der Waals surface area contributed by atoms with E-state index in [1.165, 1.54) is 0 Å². The fraction of sp³-hybridized carbons (Fsp3) is 0.643. The standard InChI is InChI=1S/C14H23N3O3/c1-14(19,5-6-20-2)9-16-13(18)12-7-10(15)8-17(12)11-3-4-11/h7-8,11,19H,3-6,9,15H2,1-2H3,(H,16,18). The van der Waals surface area contributed by atoms with Crippen LogP contribution >= 0.6 is 0 Å². The van der Waals surface area contributed by atoms with E-state index in [1.807, 2.05) is 4.57 Å². The third-order valence-corrected chi connectivity index (χ3v) is 3.52. The van der Waals surface area contributed by atoms with Crippen molar-refractivity contribution >= 4 is 11.6 Å². The fourth-order valence-electron chi connectivity index (χ4n) is 2.11. The first-order valence-corrected chi connectivity index (χ1v) is 6.90. The van der Waals surface area contributed by atoms with Gasteiger partial charge in [0.25, 0.3) is 5.91 Å². The number of methoxy groups -OCH3 is 1. The number of carbonyl (C=O) groups is 1. The van der Waals surface area contributed by atoms with E-state index in [4.69, 9.17) is 10.5 Å². The molecule has 0 radical (unpaired) electrons. The number of nitrogens with two attached hydrogens (primary N) is 1. The second-order valence-corrected chi connectivity index (χ2v) is 5.72. The van der Waals surface area contributed by atoms with Gasteiger partial charge in [-0.05, 0) is 25.8 Å². The zero-order chi connectivity index (χ0) is 14.8. The molecule has 20 heavy (non-hydrogen) atoms. The van der Waals surface area contributed by atoms with Crippen molar-refractivity contribution in [1.29, 1.82) is 0 Å². The zero-order valence-corrected chi connectivity index (χ0v) is 12.1. The molecule has 0 aliphatic heterocycles. The number of aromatic nitrogens is 1. The fourth-order valence-corrected chi connectivity index (χ4v) is 2.11. The predicted octanol–water partition coefficient (Wildman–Crippen LogP) is 0.922. The number of aliphatic hydroxyl groups is 1. The highest BCUT2D eigenvalue weighted by Crippen LogP contribution is 2.37. The second kappa shape index (κ2) is 5.85. The molecule has 1 saturated carbocycles. The zero-order valence-electron chi connectivity index (χ0n) is 12.1. The van der Waals surface area contributed by atoms with Crippen LogP contribution in [0.3, 0.4) is 0 Å². The van der Waals surface area contributed by atoms with Gasteiger partial charge in [0.15, 0.2) is 0 Å². The number of ether oxygens (including phenoxy) is 1. The largest absolute Gasteiger partial charge is 0.397 e. The van der Waals surface area contributed by atoms with Crippen LogP contribution in [0.2, 0.25) is 0 Å². The molecule has 1 aliphatic carbocycles. The Bertz CT molecular complexity index is 478. The van der Waals surface area contributed by atoms with Crippen LogP contribution in [0.5, 0.6) is 0 Å². The van der Waals surface area contributed by atoms with E-state index in [0.717, 1.165) is 12.8 Å². The Morgan fingerprint density at radius 1 is 1.65 bits per heavy atom. The van der Waals surface area contributed by atoms with Crippen LogP contribution < -0.4 is 11.1 Å². The minimum atomic E-state index is -0.978. The smallest absolute Gasteiger partial charge is 0.268 e. The highest BCUT2D eigenvalue weighted by molar-refractivity contribution is 5.94. The SMILES string of the molecule is COCCC(C)(O)CNC(=O)c1cc(N)cn1C1CC1. The van der Waals surface area contributed by atoms with Crippen LogP contribution in [0, 0.1) is 0 Å². The number of carbonyl (C=O) groups excluding carboxylic acids is 1. The van der Waals surface area contributed by atoms with Gasteiger partial charge in [-0.2, -0.15) is 0 Å². The second-order valence-electron chi connectivity index (χ2n) is 5.72. The van der Waals surface area contributed by atoms with E-state index in [9.17, 15) is 9.90 Å². The number of rotatable bonds is 7. The Morgan fingerprint density at radius 3 is 2.95 bits per heavy atom. The molecule has 2 rings (SSSR count). The average molecular weight is 281 g/mol. The first-order chi connectivity index (χ1) is 9.43. The molecule has 1 aromatic rings. The van der Waals surface area contributed by atoms with Crippen LogP contribution in [0.1, 0.15) is 42.7 Å². The molecule has 0 bridgehead atoms. The van der Waals surface area contributed by atoms with Crippen molar-refractivity contribution in [3.8, 4) is 0 Å². The molecular formula is C14H23N3O3. The maximum absolute atomic E-state index is 12.2. The Labute approximate surface area is 118 Å². The summed E-state index contributed by atoms with van der Waals surface area (Å²) >= 11 is 0. The van der Waals surface area contributed by atoms with Gasteiger partial charge in [0, 0.05) is 38.9 Å². The Balaban J connectivity index is 1.95. The van der Waals surface area contributed by atoms with Gasteiger partial charge in [-0.15, -0.1) is 0 Å². The molecule has 1 fully saturated rings. The number of hydrogen-bond acceptors (Lipinski definition) is 4. The summed E-state index contributed by atoms with van der Waals surface area (Å²) in [6.45, 7) is 2.32. The minimum Gasteiger partial charge on any atom is -0.397 e. The van der Waals surface area contributed by atoms with Crippen molar-refractivity contribution < 1.29 is 14.6 Å². The number of amides is 1. The molecule has 0 spiro atoms. The van der Waals surface area contributed by atoms with Crippen LogP contribution in [-0.4, -0.2) is 41.4 Å². The number of nitrogen functional groups attached to an aromatic ring is 1. The lowest BCUT2D eigenvalue weighted by molar-refractivity contribution is 0.0242. The maximum atomic E-state index is 12.2. The number of anilines is 1. The van der Waals surface area contributed by atoms with Crippen molar-refractivity contribution in [2.75, 3.05) is 26.0 Å². The van der Waals surface area contributed by atoms with Gasteiger partial charge < -0.3 is 25.5 Å². The van der Waals surface area contributed by atoms with Crippen molar-refractivity contribution in [2.45, 2.75) is 37.8 Å². The molecule has 6 heteroatoms. The highest BCUT2D eigenvalue weighted by atomic mass is 16.5. The molecule has 1 heterocycles. The lowest BCUT2D eigenvalue weighted by Crippen LogP contribution is -2.41. The first-order valence-electron chi connectivity index (χ1n) is 6.90. The Morgan fingerprint density at radius 2 is 2.35 bits per heavy atom. The lowest BCUT2D eigenvalue weighted by atomic mass is 10.0. The monoisotopic (exact) mass is 281 g/mol. The quantitative estimate of drug-likeness (QED) is 0.693. The molecule has 1 atom stereocenters. The first kappa shape index (κ1) is 14.9. The molecule has 1 aromatic heterocycles. The van der Waals surface area contributed by atoms with Gasteiger partial charge >= 0.3 is 0 Å². The summed E-state index contributed by atoms with van der Waals surface area (Å²) in [6, 6.07) is 2.07. The predicted molar refractivity (Wildman–Crippen MR) is 76.6 cm³/mol. The Kier molecular flexibility index (Phi) is 4.35. The van der Waals surface area contributed by atoms with Gasteiger partial charge in [0.1, 0.15) is 5.69 Å². The van der Waals surface area contributed by atoms with E-state index in [1.54, 1.807) is 26.3 Å². The summed E-state index contributed by atoms with van der Waals surface area (Å²) in [5.41, 5.74) is 5.94. The molecular weight excluding hydrogens is 258 g/mol. The number of hydrogen-bond donors (Lipinski definition) is 3. The van der Waals surface area contributed by atoms with Crippen LogP contribution in [0.4, 0.5) is 5.69 Å². The summed E-state index contributed by atoms with van der Waals surface area (Å²) in [5.74, 6) is -0.203. The van der Waals surface area contributed by atoms with E-state index in [2.05, 4.69) is 5.32 Å². The summed E-state index contributed by atoms with van der Waals surface area (Å²) in [7, 11) is 1.58. The molecule has 1 unspecified atom stereocenters. The molecule has 112 valence electrons. The summed E-state index contributed by atoms with van der Waals surface area (Å²) in [5, 5.41) is 12.9. The van der Waals surface area contributed by atoms with E-state index in [-0.39, 0.29) is 12.5 Å². The van der Waals surface area contributed by atoms with E-state index >= 15 is 0 Å². The van der Waals surface area contributed by atoms with Gasteiger partial charge in [-0.3, -0.25) is 4.79 Å². The normalized spacial score (nSPS) is 17.8. The van der Waals surface area contributed by atoms with E-state index in [0.29, 0.717) is 30.5 Å². The third-order valence-electron chi connectivity index (χ3n) is 3.52. The van der Waals surface area contributed by atoms with Crippen molar-refractivity contribution in [3.05, 3.63) is 18.0 Å². The van der Waals surface area contributed by atoms with Crippen LogP contribution in [0.25, 0.3) is 0 Å². The number of nitrogens with one attached hydrogen (secondary N) is 1. The average Bonchev–Trinajstić information content (AvgIpc) is 3.17. The summed E-state index contributed by atoms with van der Waals surface area (Å²) in [6.07, 6.45) is 4.44. The van der Waals surface area contributed by atoms with Gasteiger partial charge in [0.05, 0.1) is 11.3 Å². The minimum absolute atomic E-state index is 0.185. The molecule has 6 nitrogen and oxygen atoms in total. The molecule has 0 saturated heterocycles. The lowest BCUT2D eigenvalue weighted by Gasteiger charge is -2.23. The van der Waals surface area contributed by atoms with Gasteiger partial charge in [-0.25, -0.2) is 0 Å². The Hall–Kier alpha value is -1.53. The molecule has 1 aliphatic rings. The molecule has 4 N–H and O–H groups in total. The van der Waals surface area contributed by atoms with Crippen molar-refractivity contribution in [3.63, 3.8) is 0 Å². The summed E-state index contributed by atoms with van der Waals surface area (Å²) in [4.78, 5) is 12.2. The van der Waals surface area contributed by atoms with Crippen molar-refractivity contribution in [1.82, 2.24) is 9.88 Å². The maximum Gasteiger partial charge on any atom is 0.268 e. The van der Waals surface area contributed by atoms with Gasteiger partial charge in [-0.1, -0.05) is 0 Å². The third kappa shape index (κ3) is 3.74. The topological polar surface area (TPSA) is 89.5 Å². The highest BCUT2D eigenvalue weighted by Gasteiger charge is 2.28. The van der Waals surface area contributed by atoms with E-state index < -0.39 is 5.60 Å².